The van der Waals surface area contributed by atoms with Crippen molar-refractivity contribution in [1.29, 1.82) is 0 Å². The number of carbonyl (C=O) groups is 4. The van der Waals surface area contributed by atoms with E-state index in [2.05, 4.69) is 43.0 Å². The second kappa shape index (κ2) is 17.6. The Morgan fingerprint density at radius 2 is 1.35 bits per heavy atom. The van der Waals surface area contributed by atoms with Gasteiger partial charge in [0.25, 0.3) is 0 Å². The largest absolute Gasteiger partial charge is 0.453 e. The third kappa shape index (κ3) is 9.22. The fourth-order valence-corrected chi connectivity index (χ4v) is 8.54. The number of hydrogen-bond donors (Lipinski definition) is 5. The number of ether oxygens (including phenoxy) is 1. The van der Waals surface area contributed by atoms with Crippen LogP contribution in [0.25, 0.3) is 11.3 Å². The van der Waals surface area contributed by atoms with Crippen LogP contribution in [0.5, 0.6) is 0 Å². The number of rotatable bonds is 11. The van der Waals surface area contributed by atoms with Crippen molar-refractivity contribution in [3.05, 3.63) is 59.6 Å². The second-order valence-corrected chi connectivity index (χ2v) is 15.8. The minimum Gasteiger partial charge on any atom is -0.453 e. The smallest absolute Gasteiger partial charge is 0.407 e. The summed E-state index contributed by atoms with van der Waals surface area (Å²) in [6.07, 6.45) is 5.03. The third-order valence-corrected chi connectivity index (χ3v) is 12.0. The van der Waals surface area contributed by atoms with Crippen molar-refractivity contribution in [1.82, 2.24) is 45.7 Å². The topological polar surface area (TPSA) is 177 Å². The Morgan fingerprint density at radius 1 is 0.789 bits per heavy atom. The SMILES string of the molecule is CNC(=O)N[C@H](C(=O)N1CCC[C@H]1c1ncc(-c2ccc(C3CCC(c4cnc([C@@H]5CCCN5C(=O)[C@@H](NC(=O)OC)C(C)C)[nH]4)CC3)cc2)[nH]1)C(C)C(F)(F)F. The molecule has 0 spiro atoms. The average Bonchev–Trinajstić information content (AvgIpc) is 4.04. The van der Waals surface area contributed by atoms with Crippen LogP contribution in [-0.2, 0) is 14.3 Å². The summed E-state index contributed by atoms with van der Waals surface area (Å²) in [5, 5.41) is 7.13. The van der Waals surface area contributed by atoms with Crippen LogP contribution in [0.1, 0.15) is 119 Å². The number of likely N-dealkylation sites (tertiary alicyclic amines) is 2. The van der Waals surface area contributed by atoms with Crippen molar-refractivity contribution in [3.8, 4) is 11.3 Å². The van der Waals surface area contributed by atoms with Gasteiger partial charge in [0.1, 0.15) is 23.7 Å². The Hall–Kier alpha value is -5.09. The number of imidazole rings is 2. The molecule has 6 rings (SSSR count). The van der Waals surface area contributed by atoms with E-state index >= 15 is 0 Å². The van der Waals surface area contributed by atoms with Gasteiger partial charge >= 0.3 is 18.3 Å². The number of alkyl halides is 3. The molecular formula is C40H54F3N9O5. The number of H-pyrrole nitrogens is 2. The van der Waals surface area contributed by atoms with E-state index < -0.39 is 48.3 Å². The summed E-state index contributed by atoms with van der Waals surface area (Å²) in [7, 11) is 2.56. The number of aromatic amines is 2. The lowest BCUT2D eigenvalue weighted by molar-refractivity contribution is -0.182. The van der Waals surface area contributed by atoms with Crippen LogP contribution >= 0.6 is 0 Å². The van der Waals surface area contributed by atoms with Crippen LogP contribution in [0.15, 0.2) is 36.7 Å². The molecule has 5 amide bonds. The number of methoxy groups -OCH3 is 1. The Kier molecular flexibility index (Phi) is 12.8. The molecular weight excluding hydrogens is 743 g/mol. The normalized spacial score (nSPS) is 22.9. The zero-order chi connectivity index (χ0) is 41.0. The summed E-state index contributed by atoms with van der Waals surface area (Å²) in [6, 6.07) is 4.27. The predicted molar refractivity (Wildman–Crippen MR) is 205 cm³/mol. The van der Waals surface area contributed by atoms with Crippen molar-refractivity contribution in [2.45, 2.75) is 114 Å². The molecule has 2 aromatic heterocycles. The molecule has 1 aromatic carbocycles. The third-order valence-electron chi connectivity index (χ3n) is 12.0. The van der Waals surface area contributed by atoms with Crippen molar-refractivity contribution in [3.63, 3.8) is 0 Å². The Bertz CT molecular complexity index is 1870. The van der Waals surface area contributed by atoms with E-state index in [1.807, 2.05) is 37.1 Å². The first kappa shape index (κ1) is 41.5. The van der Waals surface area contributed by atoms with E-state index in [0.29, 0.717) is 37.0 Å². The molecule has 57 heavy (non-hydrogen) atoms. The van der Waals surface area contributed by atoms with Gasteiger partial charge in [-0.05, 0) is 74.3 Å². The number of halogens is 3. The maximum Gasteiger partial charge on any atom is 0.407 e. The van der Waals surface area contributed by atoms with Gasteiger partial charge in [0.2, 0.25) is 11.8 Å². The first-order valence-electron chi connectivity index (χ1n) is 19.9. The van der Waals surface area contributed by atoms with Crippen molar-refractivity contribution in [2.24, 2.45) is 11.8 Å². The number of nitrogens with zero attached hydrogens (tertiary/aromatic N) is 4. The van der Waals surface area contributed by atoms with E-state index in [1.54, 1.807) is 6.20 Å². The standard InChI is InChI=1S/C40H54F3N9O5/c1-22(2)32(50-39(56)57-5)36(53)51-18-6-8-30(51)34-45-20-28(47-34)26-14-10-24(11-15-26)25-12-16-27(17-13-25)29-21-46-35(48-29)31-9-7-19-52(31)37(54)33(49-38(55)44-4)23(3)40(41,42)43/h12-13,16-17,20-24,26,30-33H,6-11,14-15,18-19H2,1-5H3,(H,45,47)(H,46,48)(H,50,56)(H2,44,49,55)/t23?,24?,26?,30-,31-,32-,33-/m0/s1. The monoisotopic (exact) mass is 797 g/mol. The number of urea groups is 1. The quantitative estimate of drug-likeness (QED) is 0.148. The lowest BCUT2D eigenvalue weighted by atomic mass is 9.77. The molecule has 0 radical (unpaired) electrons. The van der Waals surface area contributed by atoms with Gasteiger partial charge in [-0.2, -0.15) is 13.2 Å². The number of benzene rings is 1. The molecule has 0 bridgehead atoms. The highest BCUT2D eigenvalue weighted by atomic mass is 19.4. The Labute approximate surface area is 330 Å². The number of hydrogen-bond acceptors (Lipinski definition) is 7. The van der Waals surface area contributed by atoms with E-state index in [1.165, 1.54) is 24.6 Å². The highest BCUT2D eigenvalue weighted by Crippen LogP contribution is 2.42. The number of alkyl carbamates (subject to hydrolysis) is 1. The highest BCUT2D eigenvalue weighted by Gasteiger charge is 2.48. The number of carbonyl (C=O) groups excluding carboxylic acids is 4. The first-order chi connectivity index (χ1) is 27.2. The molecule has 5 atom stereocenters. The van der Waals surface area contributed by atoms with Gasteiger partial charge in [-0.1, -0.05) is 45.0 Å². The van der Waals surface area contributed by atoms with E-state index in [0.717, 1.165) is 68.2 Å². The summed E-state index contributed by atoms with van der Waals surface area (Å²) in [6.45, 7) is 5.55. The van der Waals surface area contributed by atoms with E-state index in [-0.39, 0.29) is 24.4 Å². The molecule has 14 nitrogen and oxygen atoms in total. The minimum absolute atomic E-state index is 0.106. The van der Waals surface area contributed by atoms with Crippen molar-refractivity contribution < 1.29 is 37.1 Å². The Morgan fingerprint density at radius 3 is 1.91 bits per heavy atom. The Balaban J connectivity index is 1.05. The highest BCUT2D eigenvalue weighted by molar-refractivity contribution is 5.88. The molecule has 310 valence electrons. The van der Waals surface area contributed by atoms with Gasteiger partial charge in [-0.3, -0.25) is 9.59 Å². The average molecular weight is 798 g/mol. The van der Waals surface area contributed by atoms with E-state index in [9.17, 15) is 32.3 Å². The molecule has 1 saturated carbocycles. The maximum absolute atomic E-state index is 13.7. The minimum atomic E-state index is -4.68. The first-order valence-corrected chi connectivity index (χ1v) is 19.9. The van der Waals surface area contributed by atoms with Crippen LogP contribution < -0.4 is 16.0 Å². The molecule has 2 aliphatic heterocycles. The molecule has 5 N–H and O–H groups in total. The predicted octanol–water partition coefficient (Wildman–Crippen LogP) is 6.44. The summed E-state index contributed by atoms with van der Waals surface area (Å²) in [4.78, 5) is 70.3. The molecule has 3 aromatic rings. The van der Waals surface area contributed by atoms with Crippen LogP contribution in [0.4, 0.5) is 22.8 Å². The van der Waals surface area contributed by atoms with Crippen LogP contribution in [0, 0.1) is 11.8 Å². The second-order valence-electron chi connectivity index (χ2n) is 15.8. The summed E-state index contributed by atoms with van der Waals surface area (Å²) >= 11 is 0. The zero-order valence-electron chi connectivity index (χ0n) is 33.1. The molecule has 3 fully saturated rings. The zero-order valence-corrected chi connectivity index (χ0v) is 33.1. The van der Waals surface area contributed by atoms with Crippen molar-refractivity contribution in [2.75, 3.05) is 27.2 Å². The van der Waals surface area contributed by atoms with Crippen LogP contribution in [-0.4, -0.2) is 99.2 Å². The van der Waals surface area contributed by atoms with Crippen LogP contribution in [0.3, 0.4) is 0 Å². The van der Waals surface area contributed by atoms with E-state index in [4.69, 9.17) is 9.72 Å². The summed E-state index contributed by atoms with van der Waals surface area (Å²) < 4.78 is 45.9. The summed E-state index contributed by atoms with van der Waals surface area (Å²) in [5.41, 5.74) is 3.96. The molecule has 2 saturated heterocycles. The van der Waals surface area contributed by atoms with Crippen molar-refractivity contribution >= 4 is 23.9 Å². The lowest BCUT2D eigenvalue weighted by Gasteiger charge is -2.32. The molecule has 1 unspecified atom stereocenters. The van der Waals surface area contributed by atoms with Crippen LogP contribution in [0.2, 0.25) is 0 Å². The maximum atomic E-state index is 13.7. The van der Waals surface area contributed by atoms with Gasteiger partial charge in [0.05, 0.1) is 37.0 Å². The van der Waals surface area contributed by atoms with Gasteiger partial charge in [-0.25, -0.2) is 19.6 Å². The number of aromatic nitrogens is 4. The molecule has 3 aliphatic rings. The fraction of sp³-hybridized carbons (Fsp3) is 0.600. The number of amides is 5. The number of nitrogens with one attached hydrogen (secondary N) is 5. The molecule has 17 heteroatoms. The van der Waals surface area contributed by atoms with Gasteiger partial charge in [0, 0.05) is 37.9 Å². The van der Waals surface area contributed by atoms with Gasteiger partial charge in [-0.15, -0.1) is 0 Å². The fourth-order valence-electron chi connectivity index (χ4n) is 8.54. The lowest BCUT2D eigenvalue weighted by Crippen LogP contribution is -2.56. The molecule has 1 aliphatic carbocycles. The summed E-state index contributed by atoms with van der Waals surface area (Å²) in [5.74, 6) is -1.14. The molecule has 4 heterocycles. The van der Waals surface area contributed by atoms with Gasteiger partial charge < -0.3 is 40.5 Å². The van der Waals surface area contributed by atoms with Gasteiger partial charge in [0.15, 0.2) is 0 Å².